The maximum atomic E-state index is 8.54. The number of nitrogens with zero attached hydrogens (tertiary/aromatic N) is 2. The fraction of sp³-hybridized carbons (Fsp3) is 0.250. The van der Waals surface area contributed by atoms with E-state index in [1.165, 1.54) is 6.34 Å². The molecule has 3 heteroatoms. The number of rotatable bonds is 0. The summed E-state index contributed by atoms with van der Waals surface area (Å²) >= 11 is 0. The van der Waals surface area contributed by atoms with Crippen LogP contribution in [0.2, 0.25) is 0 Å². The van der Waals surface area contributed by atoms with Crippen molar-refractivity contribution in [2.24, 2.45) is 4.99 Å². The van der Waals surface area contributed by atoms with Crippen molar-refractivity contribution in [2.45, 2.75) is 0 Å². The Morgan fingerprint density at radius 3 is 2.86 bits per heavy atom. The Hall–Kier alpha value is -0.670. The van der Waals surface area contributed by atoms with Crippen LogP contribution < -0.4 is 5.06 Å². The summed E-state index contributed by atoms with van der Waals surface area (Å²) in [4.78, 5) is 3.63. The lowest BCUT2D eigenvalue weighted by molar-refractivity contribution is 0.103. The Morgan fingerprint density at radius 2 is 2.57 bits per heavy atom. The van der Waals surface area contributed by atoms with Gasteiger partial charge in [-0.05, 0) is 6.08 Å². The van der Waals surface area contributed by atoms with Crippen molar-refractivity contribution in [3.63, 3.8) is 0 Å². The molecule has 1 aliphatic rings. The lowest BCUT2D eigenvalue weighted by atomic mass is 10.6. The molecule has 0 amide bonds. The van der Waals surface area contributed by atoms with Crippen LogP contribution >= 0.6 is 0 Å². The van der Waals surface area contributed by atoms with Crippen LogP contribution in [0.4, 0.5) is 0 Å². The molecule has 0 aromatic carbocycles. The van der Waals surface area contributed by atoms with Crippen molar-refractivity contribution >= 4 is 6.34 Å². The van der Waals surface area contributed by atoms with Gasteiger partial charge in [-0.15, -0.1) is 0 Å². The number of hydroxylamine groups is 2. The highest BCUT2D eigenvalue weighted by Crippen LogP contribution is 1.82. The van der Waals surface area contributed by atoms with E-state index in [0.717, 1.165) is 5.06 Å². The molecule has 7 heavy (non-hydrogen) atoms. The van der Waals surface area contributed by atoms with E-state index in [2.05, 4.69) is 4.99 Å². The van der Waals surface area contributed by atoms with Gasteiger partial charge in [0, 0.05) is 11.3 Å². The predicted molar refractivity (Wildman–Crippen MR) is 26.4 cm³/mol. The molecule has 1 radical (unpaired) electrons. The molecule has 1 aliphatic heterocycles. The van der Waals surface area contributed by atoms with Gasteiger partial charge in [0.05, 0.1) is 0 Å². The minimum atomic E-state index is 0.545. The Balaban J connectivity index is 2.49. The van der Waals surface area contributed by atoms with E-state index in [0.29, 0.717) is 6.54 Å². The molecule has 0 fully saturated rings. The first-order valence-corrected chi connectivity index (χ1v) is 2.03. The van der Waals surface area contributed by atoms with Gasteiger partial charge in [0.25, 0.3) is 6.34 Å². The van der Waals surface area contributed by atoms with Gasteiger partial charge in [0.2, 0.25) is 0 Å². The summed E-state index contributed by atoms with van der Waals surface area (Å²) in [5.74, 6) is 0. The van der Waals surface area contributed by atoms with Crippen molar-refractivity contribution in [3.05, 3.63) is 12.3 Å². The van der Waals surface area contributed by atoms with Crippen molar-refractivity contribution < 1.29 is 5.21 Å². The molecule has 0 unspecified atom stereocenters. The van der Waals surface area contributed by atoms with Gasteiger partial charge in [-0.2, -0.15) is 5.21 Å². The van der Waals surface area contributed by atoms with Crippen LogP contribution in [0.1, 0.15) is 0 Å². The highest BCUT2D eigenvalue weighted by atomic mass is 16.5. The van der Waals surface area contributed by atoms with Crippen LogP contribution in [0, 0.1) is 0 Å². The molecule has 0 atom stereocenters. The van der Waals surface area contributed by atoms with Crippen molar-refractivity contribution in [1.82, 2.24) is 5.06 Å². The third kappa shape index (κ3) is 1.10. The number of hydrogen-bond donors (Lipinski definition) is 1. The normalized spacial score (nSPS) is 20.7. The van der Waals surface area contributed by atoms with Gasteiger partial charge < -0.3 is 0 Å². The minimum absolute atomic E-state index is 0.545. The largest absolute Gasteiger partial charge is 0.277 e. The Bertz CT molecular complexity index is 108. The summed E-state index contributed by atoms with van der Waals surface area (Å²) in [6, 6.07) is 0. The van der Waals surface area contributed by atoms with E-state index in [1.54, 1.807) is 12.3 Å². The van der Waals surface area contributed by atoms with E-state index < -0.39 is 0 Å². The van der Waals surface area contributed by atoms with Crippen molar-refractivity contribution in [1.29, 1.82) is 0 Å². The molecule has 1 rings (SSSR count). The second-order valence-corrected chi connectivity index (χ2v) is 1.27. The monoisotopic (exact) mass is 98.0 g/mol. The topological polar surface area (TPSA) is 38.5 Å². The summed E-state index contributed by atoms with van der Waals surface area (Å²) in [6.45, 7) is 0.545. The fourth-order valence-electron chi connectivity index (χ4n) is 0.379. The van der Waals surface area contributed by atoms with Gasteiger partial charge in [-0.25, -0.2) is 4.99 Å². The summed E-state index contributed by atoms with van der Waals surface area (Å²) in [5.41, 5.74) is 0. The van der Waals surface area contributed by atoms with E-state index in [-0.39, 0.29) is 0 Å². The standard InChI is InChI=1S/C4H6N2O/c7-6-3-1-2-5-4-6/h1-2,4,7H,3H2/q+1. The van der Waals surface area contributed by atoms with E-state index in [9.17, 15) is 0 Å². The van der Waals surface area contributed by atoms with Crippen LogP contribution in [-0.4, -0.2) is 18.1 Å². The van der Waals surface area contributed by atoms with E-state index >= 15 is 0 Å². The molecule has 37 valence electrons. The van der Waals surface area contributed by atoms with Gasteiger partial charge in [-0.3, -0.25) is 0 Å². The van der Waals surface area contributed by atoms with Gasteiger partial charge in [-0.1, -0.05) is 0 Å². The zero-order chi connectivity index (χ0) is 5.11. The maximum absolute atomic E-state index is 8.54. The lowest BCUT2D eigenvalue weighted by Crippen LogP contribution is -2.24. The summed E-state index contributed by atoms with van der Waals surface area (Å²) in [7, 11) is 0. The molecule has 0 saturated carbocycles. The van der Waals surface area contributed by atoms with Crippen LogP contribution in [0.5, 0.6) is 0 Å². The quantitative estimate of drug-likeness (QED) is 0.428. The SMILES string of the molecule is O[N+]1C=NC=CC1. The Labute approximate surface area is 41.5 Å². The first kappa shape index (κ1) is 4.49. The average molecular weight is 98.1 g/mol. The van der Waals surface area contributed by atoms with Gasteiger partial charge in [0.1, 0.15) is 0 Å². The molecule has 0 aliphatic carbocycles. The highest BCUT2D eigenvalue weighted by molar-refractivity contribution is 5.58. The van der Waals surface area contributed by atoms with E-state index in [4.69, 9.17) is 5.21 Å². The number of aliphatic imine (C=N–C) groups is 1. The molecule has 0 bridgehead atoms. The molecule has 1 N–H and O–H groups in total. The molecule has 0 aromatic heterocycles. The molecule has 0 spiro atoms. The predicted octanol–water partition coefficient (Wildman–Crippen LogP) is 0.0713. The maximum Gasteiger partial charge on any atom is 0.277 e. The minimum Gasteiger partial charge on any atom is -0.205 e. The molecular weight excluding hydrogens is 92.1 g/mol. The summed E-state index contributed by atoms with van der Waals surface area (Å²) < 4.78 is 0. The van der Waals surface area contributed by atoms with Crippen molar-refractivity contribution in [3.8, 4) is 0 Å². The van der Waals surface area contributed by atoms with E-state index in [1.807, 2.05) is 0 Å². The average Bonchev–Trinajstić information content (AvgIpc) is 1.69. The van der Waals surface area contributed by atoms with Crippen molar-refractivity contribution in [2.75, 3.05) is 6.54 Å². The molecule has 3 nitrogen and oxygen atoms in total. The van der Waals surface area contributed by atoms with Crippen LogP contribution in [0.15, 0.2) is 17.3 Å². The lowest BCUT2D eigenvalue weighted by Gasteiger charge is -1.91. The van der Waals surface area contributed by atoms with Crippen LogP contribution in [0.25, 0.3) is 0 Å². The molecule has 0 aromatic rings. The third-order valence-electron chi connectivity index (χ3n) is 0.684. The second-order valence-electron chi connectivity index (χ2n) is 1.27. The van der Waals surface area contributed by atoms with Crippen LogP contribution in [-0.2, 0) is 0 Å². The molecule has 0 saturated heterocycles. The third-order valence-corrected chi connectivity index (χ3v) is 0.684. The number of hydrogen-bond acceptors (Lipinski definition) is 3. The molecule has 1 heterocycles. The first-order chi connectivity index (χ1) is 3.39. The fourth-order valence-corrected chi connectivity index (χ4v) is 0.379. The zero-order valence-corrected chi connectivity index (χ0v) is 3.78. The van der Waals surface area contributed by atoms with Gasteiger partial charge >= 0.3 is 0 Å². The summed E-state index contributed by atoms with van der Waals surface area (Å²) in [6.07, 6.45) is 4.77. The smallest absolute Gasteiger partial charge is 0.205 e. The Kier molecular flexibility index (Phi) is 1.19. The van der Waals surface area contributed by atoms with Gasteiger partial charge in [0.15, 0.2) is 6.54 Å². The zero-order valence-electron chi connectivity index (χ0n) is 3.78. The van der Waals surface area contributed by atoms with Crippen LogP contribution in [0.3, 0.4) is 0 Å². The second kappa shape index (κ2) is 1.86. The Morgan fingerprint density at radius 1 is 1.71 bits per heavy atom. The molecular formula is C4H6N2O+. The first-order valence-electron chi connectivity index (χ1n) is 2.03. The summed E-state index contributed by atoms with van der Waals surface area (Å²) in [5, 5.41) is 9.56. The highest BCUT2D eigenvalue weighted by Gasteiger charge is 2.05.